The van der Waals surface area contributed by atoms with E-state index in [1.165, 1.54) is 0 Å². The van der Waals surface area contributed by atoms with Crippen molar-refractivity contribution in [2.24, 2.45) is 0 Å². The molecule has 0 aliphatic rings. The van der Waals surface area contributed by atoms with Crippen molar-refractivity contribution in [3.8, 4) is 11.8 Å². The van der Waals surface area contributed by atoms with E-state index < -0.39 is 0 Å². The molecule has 0 fully saturated rings. The fourth-order valence-electron chi connectivity index (χ4n) is 1.41. The van der Waals surface area contributed by atoms with Gasteiger partial charge in [-0.2, -0.15) is 5.26 Å². The molecular formula is C12H16N2O. The molecule has 0 aliphatic heterocycles. The minimum absolute atomic E-state index is 0.158. The van der Waals surface area contributed by atoms with Crippen molar-refractivity contribution < 1.29 is 4.74 Å². The normalized spacial score (nSPS) is 11.8. The molecule has 1 atom stereocenters. The Labute approximate surface area is 90.5 Å². The third kappa shape index (κ3) is 3.17. The summed E-state index contributed by atoms with van der Waals surface area (Å²) in [5.41, 5.74) is 6.85. The highest BCUT2D eigenvalue weighted by molar-refractivity contribution is 5.56. The van der Waals surface area contributed by atoms with Crippen molar-refractivity contribution in [3.05, 3.63) is 23.8 Å². The molecule has 0 heterocycles. The summed E-state index contributed by atoms with van der Waals surface area (Å²) in [6.45, 7) is 4.13. The largest absolute Gasteiger partial charge is 0.489 e. The van der Waals surface area contributed by atoms with Gasteiger partial charge >= 0.3 is 0 Å². The fraction of sp³-hybridized carbons (Fsp3) is 0.417. The smallest absolute Gasteiger partial charge is 0.142 e. The Morgan fingerprint density at radius 3 is 2.80 bits per heavy atom. The van der Waals surface area contributed by atoms with Crippen molar-refractivity contribution in [2.45, 2.75) is 32.8 Å². The van der Waals surface area contributed by atoms with Gasteiger partial charge in [-0.25, -0.2) is 0 Å². The Kier molecular flexibility index (Phi) is 3.99. The molecule has 0 aromatic heterocycles. The molecule has 3 heteroatoms. The molecule has 0 saturated heterocycles. The van der Waals surface area contributed by atoms with Crippen LogP contribution in [-0.4, -0.2) is 6.10 Å². The Morgan fingerprint density at radius 1 is 1.53 bits per heavy atom. The highest BCUT2D eigenvalue weighted by Crippen LogP contribution is 2.24. The summed E-state index contributed by atoms with van der Waals surface area (Å²) in [4.78, 5) is 0. The van der Waals surface area contributed by atoms with Crippen LogP contribution in [0.2, 0.25) is 0 Å². The Hall–Kier alpha value is -1.69. The summed E-state index contributed by atoms with van der Waals surface area (Å²) >= 11 is 0. The minimum atomic E-state index is 0.158. The fourth-order valence-corrected chi connectivity index (χ4v) is 1.41. The number of hydrogen-bond donors (Lipinski definition) is 1. The van der Waals surface area contributed by atoms with Gasteiger partial charge in [0.2, 0.25) is 0 Å². The van der Waals surface area contributed by atoms with Crippen LogP contribution < -0.4 is 10.5 Å². The zero-order chi connectivity index (χ0) is 11.3. The number of ether oxygens (including phenoxy) is 1. The SMILES string of the molecule is CCCC(C)Oc1ccc(C#N)cc1N. The van der Waals surface area contributed by atoms with Crippen molar-refractivity contribution >= 4 is 5.69 Å². The molecule has 80 valence electrons. The van der Waals surface area contributed by atoms with E-state index in [4.69, 9.17) is 15.7 Å². The van der Waals surface area contributed by atoms with Crippen LogP contribution in [-0.2, 0) is 0 Å². The number of nitrogen functional groups attached to an aromatic ring is 1. The van der Waals surface area contributed by atoms with Crippen molar-refractivity contribution in [1.82, 2.24) is 0 Å². The number of rotatable bonds is 4. The lowest BCUT2D eigenvalue weighted by Gasteiger charge is -2.15. The van der Waals surface area contributed by atoms with Crippen molar-refractivity contribution in [3.63, 3.8) is 0 Å². The van der Waals surface area contributed by atoms with Gasteiger partial charge < -0.3 is 10.5 Å². The summed E-state index contributed by atoms with van der Waals surface area (Å²) in [5.74, 6) is 0.662. The number of benzene rings is 1. The van der Waals surface area contributed by atoms with Crippen molar-refractivity contribution in [1.29, 1.82) is 5.26 Å². The topological polar surface area (TPSA) is 59.0 Å². The van der Waals surface area contributed by atoms with E-state index in [-0.39, 0.29) is 6.10 Å². The maximum atomic E-state index is 8.67. The van der Waals surface area contributed by atoms with E-state index in [0.717, 1.165) is 12.8 Å². The van der Waals surface area contributed by atoms with E-state index in [2.05, 4.69) is 6.92 Å². The molecule has 3 nitrogen and oxygen atoms in total. The summed E-state index contributed by atoms with van der Waals surface area (Å²) in [7, 11) is 0. The van der Waals surface area contributed by atoms with Gasteiger partial charge in [0.1, 0.15) is 5.75 Å². The zero-order valence-corrected chi connectivity index (χ0v) is 9.16. The van der Waals surface area contributed by atoms with E-state index in [1.807, 2.05) is 13.0 Å². The van der Waals surface area contributed by atoms with Crippen LogP contribution in [0.4, 0.5) is 5.69 Å². The first kappa shape index (κ1) is 11.4. The quantitative estimate of drug-likeness (QED) is 0.767. The number of nitrogens with zero attached hydrogens (tertiary/aromatic N) is 1. The Morgan fingerprint density at radius 2 is 2.27 bits per heavy atom. The van der Waals surface area contributed by atoms with Crippen LogP contribution in [0.5, 0.6) is 5.75 Å². The lowest BCUT2D eigenvalue weighted by Crippen LogP contribution is -2.12. The van der Waals surface area contributed by atoms with Crippen LogP contribution in [0.15, 0.2) is 18.2 Å². The second kappa shape index (κ2) is 5.26. The third-order valence-corrected chi connectivity index (χ3v) is 2.16. The molecule has 1 rings (SSSR count). The number of hydrogen-bond acceptors (Lipinski definition) is 3. The summed E-state index contributed by atoms with van der Waals surface area (Å²) in [6.07, 6.45) is 2.24. The second-order valence-electron chi connectivity index (χ2n) is 3.58. The third-order valence-electron chi connectivity index (χ3n) is 2.16. The molecule has 1 aromatic rings. The molecule has 1 unspecified atom stereocenters. The highest BCUT2D eigenvalue weighted by atomic mass is 16.5. The molecule has 1 aromatic carbocycles. The molecule has 0 radical (unpaired) electrons. The molecule has 2 N–H and O–H groups in total. The Bertz CT molecular complexity index is 368. The maximum absolute atomic E-state index is 8.67. The van der Waals surface area contributed by atoms with E-state index in [1.54, 1.807) is 18.2 Å². The van der Waals surface area contributed by atoms with Crippen LogP contribution in [0.3, 0.4) is 0 Å². The maximum Gasteiger partial charge on any atom is 0.142 e. The standard InChI is InChI=1S/C12H16N2O/c1-3-4-9(2)15-12-6-5-10(8-13)7-11(12)14/h5-7,9H,3-4,14H2,1-2H3. The minimum Gasteiger partial charge on any atom is -0.489 e. The van der Waals surface area contributed by atoms with Gasteiger partial charge in [-0.05, 0) is 31.5 Å². The molecule has 0 saturated carbocycles. The van der Waals surface area contributed by atoms with Crippen LogP contribution in [0, 0.1) is 11.3 Å². The van der Waals surface area contributed by atoms with Gasteiger partial charge in [0.15, 0.2) is 0 Å². The predicted octanol–water partition coefficient (Wildman–Crippen LogP) is 2.71. The lowest BCUT2D eigenvalue weighted by molar-refractivity contribution is 0.211. The number of nitriles is 1. The van der Waals surface area contributed by atoms with Crippen LogP contribution >= 0.6 is 0 Å². The van der Waals surface area contributed by atoms with Gasteiger partial charge in [-0.1, -0.05) is 13.3 Å². The molecule has 0 spiro atoms. The summed E-state index contributed by atoms with van der Waals surface area (Å²) in [5, 5.41) is 8.67. The first-order valence-electron chi connectivity index (χ1n) is 5.13. The summed E-state index contributed by atoms with van der Waals surface area (Å²) in [6, 6.07) is 7.13. The monoisotopic (exact) mass is 204 g/mol. The number of anilines is 1. The predicted molar refractivity (Wildman–Crippen MR) is 60.6 cm³/mol. The molecule has 0 amide bonds. The van der Waals surface area contributed by atoms with Crippen LogP contribution in [0.1, 0.15) is 32.3 Å². The van der Waals surface area contributed by atoms with Crippen molar-refractivity contribution in [2.75, 3.05) is 5.73 Å². The molecule has 0 bridgehead atoms. The average Bonchev–Trinajstić information content (AvgIpc) is 2.21. The van der Waals surface area contributed by atoms with Gasteiger partial charge in [0.25, 0.3) is 0 Å². The van der Waals surface area contributed by atoms with Gasteiger partial charge in [0.05, 0.1) is 23.4 Å². The second-order valence-corrected chi connectivity index (χ2v) is 3.58. The first-order valence-corrected chi connectivity index (χ1v) is 5.13. The Balaban J connectivity index is 2.74. The van der Waals surface area contributed by atoms with E-state index >= 15 is 0 Å². The summed E-state index contributed by atoms with van der Waals surface area (Å²) < 4.78 is 5.65. The number of nitrogens with two attached hydrogens (primary N) is 1. The van der Waals surface area contributed by atoms with Gasteiger partial charge in [-0.3, -0.25) is 0 Å². The first-order chi connectivity index (χ1) is 7.17. The lowest BCUT2D eigenvalue weighted by atomic mass is 10.2. The highest BCUT2D eigenvalue weighted by Gasteiger charge is 2.06. The molecular weight excluding hydrogens is 188 g/mol. The van der Waals surface area contributed by atoms with Crippen LogP contribution in [0.25, 0.3) is 0 Å². The zero-order valence-electron chi connectivity index (χ0n) is 9.16. The van der Waals surface area contributed by atoms with E-state index in [0.29, 0.717) is 17.0 Å². The average molecular weight is 204 g/mol. The molecule has 0 aliphatic carbocycles. The van der Waals surface area contributed by atoms with Gasteiger partial charge in [-0.15, -0.1) is 0 Å². The molecule has 15 heavy (non-hydrogen) atoms. The van der Waals surface area contributed by atoms with Gasteiger partial charge in [0, 0.05) is 0 Å². The van der Waals surface area contributed by atoms with E-state index in [9.17, 15) is 0 Å².